The predicted molar refractivity (Wildman–Crippen MR) is 89.4 cm³/mol. The summed E-state index contributed by atoms with van der Waals surface area (Å²) in [6, 6.07) is 0. The molecule has 0 aromatic heterocycles. The fraction of sp³-hybridized carbons (Fsp3) is 0.619. The molecule has 0 spiro atoms. The Labute approximate surface area is 138 Å². The molecule has 4 aliphatic carbocycles. The molecule has 0 saturated heterocycles. The van der Waals surface area contributed by atoms with E-state index in [0.29, 0.717) is 30.0 Å². The molecule has 0 unspecified atom stereocenters. The van der Waals surface area contributed by atoms with Gasteiger partial charge in [0.25, 0.3) is 0 Å². The topological polar surface area (TPSA) is 34.1 Å². The molecule has 4 aliphatic rings. The highest BCUT2D eigenvalue weighted by atomic mass is 16.1. The lowest BCUT2D eigenvalue weighted by atomic mass is 9.47. The molecule has 0 heterocycles. The van der Waals surface area contributed by atoms with Crippen LogP contribution < -0.4 is 0 Å². The van der Waals surface area contributed by atoms with Crippen molar-refractivity contribution in [2.75, 3.05) is 0 Å². The van der Waals surface area contributed by atoms with Gasteiger partial charge in [0.05, 0.1) is 0 Å². The lowest BCUT2D eigenvalue weighted by molar-refractivity contribution is -0.131. The van der Waals surface area contributed by atoms with E-state index in [1.165, 1.54) is 5.57 Å². The van der Waals surface area contributed by atoms with Gasteiger partial charge in [0.2, 0.25) is 0 Å². The van der Waals surface area contributed by atoms with Gasteiger partial charge in [-0.1, -0.05) is 18.6 Å². The van der Waals surface area contributed by atoms with Crippen molar-refractivity contribution in [3.63, 3.8) is 0 Å². The van der Waals surface area contributed by atoms with Crippen LogP contribution in [0.2, 0.25) is 0 Å². The van der Waals surface area contributed by atoms with Gasteiger partial charge in [-0.05, 0) is 62.0 Å². The average Bonchev–Trinajstić information content (AvgIpc) is 2.84. The van der Waals surface area contributed by atoms with Crippen LogP contribution in [0, 0.1) is 40.9 Å². The minimum Gasteiger partial charge on any atom is -0.299 e. The first-order valence-corrected chi connectivity index (χ1v) is 8.92. The number of carbonyl (C=O) groups is 2. The van der Waals surface area contributed by atoms with Crippen LogP contribution in [0.15, 0.2) is 23.8 Å². The molecule has 4 rings (SSSR count). The molecule has 3 saturated carbocycles. The van der Waals surface area contributed by atoms with Crippen LogP contribution in [-0.2, 0) is 9.59 Å². The van der Waals surface area contributed by atoms with Crippen molar-refractivity contribution in [3.05, 3.63) is 23.8 Å². The van der Waals surface area contributed by atoms with E-state index in [4.69, 9.17) is 6.42 Å². The highest BCUT2D eigenvalue weighted by Gasteiger charge is 2.59. The number of rotatable bonds is 1. The van der Waals surface area contributed by atoms with Gasteiger partial charge in [-0.15, -0.1) is 12.3 Å². The van der Waals surface area contributed by atoms with Crippen LogP contribution in [-0.4, -0.2) is 11.6 Å². The van der Waals surface area contributed by atoms with E-state index in [1.807, 2.05) is 6.08 Å². The highest BCUT2D eigenvalue weighted by molar-refractivity contribution is 6.01. The summed E-state index contributed by atoms with van der Waals surface area (Å²) >= 11 is 0. The quantitative estimate of drug-likeness (QED) is 0.689. The van der Waals surface area contributed by atoms with Crippen molar-refractivity contribution in [3.8, 4) is 12.3 Å². The molecule has 2 nitrogen and oxygen atoms in total. The van der Waals surface area contributed by atoms with Crippen LogP contribution in [0.4, 0.5) is 0 Å². The van der Waals surface area contributed by atoms with Crippen molar-refractivity contribution in [2.24, 2.45) is 28.6 Å². The van der Waals surface area contributed by atoms with E-state index in [1.54, 1.807) is 6.08 Å². The van der Waals surface area contributed by atoms with Gasteiger partial charge in [0.15, 0.2) is 5.78 Å². The van der Waals surface area contributed by atoms with Crippen molar-refractivity contribution >= 4 is 11.6 Å². The molecule has 0 bridgehead atoms. The lowest BCUT2D eigenvalue weighted by Gasteiger charge is -2.56. The van der Waals surface area contributed by atoms with E-state index >= 15 is 0 Å². The molecular weight excluding hydrogens is 284 g/mol. The van der Waals surface area contributed by atoms with Gasteiger partial charge in [-0.3, -0.25) is 9.59 Å². The highest BCUT2D eigenvalue weighted by Crippen LogP contribution is 2.64. The summed E-state index contributed by atoms with van der Waals surface area (Å²) < 4.78 is 0. The Hall–Kier alpha value is -1.62. The summed E-state index contributed by atoms with van der Waals surface area (Å²) in [5.41, 5.74) is 1.02. The maximum atomic E-state index is 12.4. The summed E-state index contributed by atoms with van der Waals surface area (Å²) in [5.74, 6) is 5.03. The van der Waals surface area contributed by atoms with Crippen molar-refractivity contribution < 1.29 is 9.59 Å². The first kappa shape index (κ1) is 14.9. The van der Waals surface area contributed by atoms with Crippen molar-refractivity contribution in [1.29, 1.82) is 0 Å². The number of ketones is 2. The van der Waals surface area contributed by atoms with Gasteiger partial charge >= 0.3 is 0 Å². The summed E-state index contributed by atoms with van der Waals surface area (Å²) in [5, 5.41) is 0. The SMILES string of the molecule is C#CC[C@]12C=CC(=O)C=C1CC[C@H]1[C@@H]3CCC(=O)[C@@]3(C)CC[C@@H]12. The maximum absolute atomic E-state index is 12.4. The van der Waals surface area contributed by atoms with E-state index in [9.17, 15) is 9.59 Å². The monoisotopic (exact) mass is 308 g/mol. The Morgan fingerprint density at radius 3 is 2.83 bits per heavy atom. The number of terminal acetylenes is 1. The fourth-order valence-electron chi connectivity index (χ4n) is 6.25. The number of hydrogen-bond donors (Lipinski definition) is 0. The second-order valence-electron chi connectivity index (χ2n) is 8.16. The Bertz CT molecular complexity index is 676. The number of Topliss-reactive ketones (excluding diaryl/α,β-unsaturated/α-hetero) is 1. The van der Waals surface area contributed by atoms with E-state index in [-0.39, 0.29) is 16.6 Å². The number of fused-ring (bicyclic) bond motifs is 5. The van der Waals surface area contributed by atoms with E-state index in [2.05, 4.69) is 18.9 Å². The first-order chi connectivity index (χ1) is 11.0. The first-order valence-electron chi connectivity index (χ1n) is 8.92. The lowest BCUT2D eigenvalue weighted by Crippen LogP contribution is -2.50. The van der Waals surface area contributed by atoms with E-state index < -0.39 is 0 Å². The van der Waals surface area contributed by atoms with Crippen LogP contribution in [0.1, 0.15) is 51.9 Å². The number of carbonyl (C=O) groups excluding carboxylic acids is 2. The van der Waals surface area contributed by atoms with Crippen molar-refractivity contribution in [2.45, 2.75) is 51.9 Å². The molecule has 5 atom stereocenters. The molecule has 0 amide bonds. The molecule has 0 aromatic carbocycles. The minimum atomic E-state index is -0.126. The van der Waals surface area contributed by atoms with Gasteiger partial charge in [-0.2, -0.15) is 0 Å². The third-order valence-corrected chi connectivity index (χ3v) is 7.41. The number of allylic oxidation sites excluding steroid dienone is 4. The zero-order valence-corrected chi connectivity index (χ0v) is 13.8. The molecular formula is C21H24O2. The van der Waals surface area contributed by atoms with Gasteiger partial charge in [0.1, 0.15) is 5.78 Å². The Morgan fingerprint density at radius 2 is 2.04 bits per heavy atom. The van der Waals surface area contributed by atoms with Crippen LogP contribution >= 0.6 is 0 Å². The minimum absolute atomic E-state index is 0.0998. The van der Waals surface area contributed by atoms with E-state index in [0.717, 1.165) is 38.5 Å². The van der Waals surface area contributed by atoms with Gasteiger partial charge < -0.3 is 0 Å². The van der Waals surface area contributed by atoms with Gasteiger partial charge in [-0.25, -0.2) is 0 Å². The molecule has 0 N–H and O–H groups in total. The second kappa shape index (κ2) is 4.94. The van der Waals surface area contributed by atoms with Crippen LogP contribution in [0.5, 0.6) is 0 Å². The Morgan fingerprint density at radius 1 is 1.22 bits per heavy atom. The van der Waals surface area contributed by atoms with Crippen LogP contribution in [0.3, 0.4) is 0 Å². The molecule has 3 fully saturated rings. The summed E-state index contributed by atoms with van der Waals surface area (Å²) in [6.07, 6.45) is 18.0. The molecule has 120 valence electrons. The van der Waals surface area contributed by atoms with Gasteiger partial charge in [0, 0.05) is 23.7 Å². The summed E-state index contributed by atoms with van der Waals surface area (Å²) in [7, 11) is 0. The molecule has 23 heavy (non-hydrogen) atoms. The van der Waals surface area contributed by atoms with Crippen molar-refractivity contribution in [1.82, 2.24) is 0 Å². The molecule has 0 aliphatic heterocycles. The normalized spacial score (nSPS) is 44.9. The average molecular weight is 308 g/mol. The molecule has 2 heteroatoms. The second-order valence-corrected chi connectivity index (χ2v) is 8.16. The Balaban J connectivity index is 1.76. The van der Waals surface area contributed by atoms with Crippen LogP contribution in [0.25, 0.3) is 0 Å². The maximum Gasteiger partial charge on any atom is 0.178 e. The summed E-state index contributed by atoms with van der Waals surface area (Å²) in [4.78, 5) is 24.3. The molecule has 0 aromatic rings. The smallest absolute Gasteiger partial charge is 0.178 e. The zero-order valence-electron chi connectivity index (χ0n) is 13.8. The third kappa shape index (κ3) is 1.89. The Kier molecular flexibility index (Phi) is 3.21. The molecule has 0 radical (unpaired) electrons. The predicted octanol–water partition coefficient (Wildman–Crippen LogP) is 3.87. The fourth-order valence-corrected chi connectivity index (χ4v) is 6.25. The largest absolute Gasteiger partial charge is 0.299 e. The zero-order chi connectivity index (χ0) is 16.2. The standard InChI is InChI=1S/C21H24O2/c1-3-10-21-12-8-15(22)13-14(21)4-5-16-17-6-7-19(23)20(17,2)11-9-18(16)21/h1,8,12-13,16-18H,4-7,9-11H2,2H3/t16-,17-,18-,20-,21-/m0/s1. The number of hydrogen-bond acceptors (Lipinski definition) is 2. The summed E-state index contributed by atoms with van der Waals surface area (Å²) in [6.45, 7) is 2.20. The third-order valence-electron chi connectivity index (χ3n) is 7.41.